The van der Waals surface area contributed by atoms with Crippen molar-refractivity contribution in [3.8, 4) is 0 Å². The molecule has 0 atom stereocenters. The first-order chi connectivity index (χ1) is 16.1. The lowest BCUT2D eigenvalue weighted by Gasteiger charge is -2.29. The molecule has 0 saturated carbocycles. The minimum absolute atomic E-state index is 0.0900. The highest BCUT2D eigenvalue weighted by molar-refractivity contribution is 7.09. The monoisotopic (exact) mass is 464 g/mol. The second-order valence-electron chi connectivity index (χ2n) is 8.29. The van der Waals surface area contributed by atoms with E-state index < -0.39 is 5.97 Å². The van der Waals surface area contributed by atoms with Gasteiger partial charge in [0.05, 0.1) is 11.1 Å². The van der Waals surface area contributed by atoms with E-state index in [0.29, 0.717) is 18.7 Å². The van der Waals surface area contributed by atoms with Gasteiger partial charge < -0.3 is 10.0 Å². The molecular formula is C25H28N4O3S. The van der Waals surface area contributed by atoms with Gasteiger partial charge in [0.1, 0.15) is 0 Å². The summed E-state index contributed by atoms with van der Waals surface area (Å²) in [6.45, 7) is 2.82. The van der Waals surface area contributed by atoms with Crippen LogP contribution in [-0.4, -0.2) is 44.9 Å². The van der Waals surface area contributed by atoms with Crippen molar-refractivity contribution in [2.75, 3.05) is 18.0 Å². The van der Waals surface area contributed by atoms with Crippen LogP contribution in [0.5, 0.6) is 0 Å². The Labute approximate surface area is 197 Å². The number of fused-ring (bicyclic) bond motifs is 1. The number of carbonyl (C=O) groups is 2. The molecule has 3 heterocycles. The minimum Gasteiger partial charge on any atom is -0.478 e. The number of benzene rings is 1. The molecule has 1 aliphatic rings. The molecule has 0 spiro atoms. The maximum atomic E-state index is 13.5. The van der Waals surface area contributed by atoms with E-state index in [1.165, 1.54) is 4.88 Å². The lowest BCUT2D eigenvalue weighted by molar-refractivity contribution is 0.0696. The van der Waals surface area contributed by atoms with Crippen molar-refractivity contribution in [1.82, 2.24) is 14.9 Å². The Morgan fingerprint density at radius 2 is 1.70 bits per heavy atom. The topological polar surface area (TPSA) is 86.6 Å². The van der Waals surface area contributed by atoms with Gasteiger partial charge in [0.2, 0.25) is 0 Å². The second kappa shape index (κ2) is 11.2. The van der Waals surface area contributed by atoms with Crippen LogP contribution in [-0.2, 0) is 13.1 Å². The van der Waals surface area contributed by atoms with Gasteiger partial charge in [-0.1, -0.05) is 19.3 Å². The average Bonchev–Trinajstić information content (AvgIpc) is 3.33. The third-order valence-corrected chi connectivity index (χ3v) is 6.67. The van der Waals surface area contributed by atoms with E-state index in [1.54, 1.807) is 54.1 Å². The van der Waals surface area contributed by atoms with Crippen molar-refractivity contribution in [3.05, 3.63) is 76.0 Å². The van der Waals surface area contributed by atoms with Crippen LogP contribution in [0.25, 0.3) is 0 Å². The van der Waals surface area contributed by atoms with Gasteiger partial charge in [-0.2, -0.15) is 0 Å². The molecule has 0 bridgehead atoms. The highest BCUT2D eigenvalue weighted by Crippen LogP contribution is 2.28. The predicted molar refractivity (Wildman–Crippen MR) is 129 cm³/mol. The second-order valence-corrected chi connectivity index (χ2v) is 9.26. The zero-order valence-electron chi connectivity index (χ0n) is 18.5. The summed E-state index contributed by atoms with van der Waals surface area (Å²) < 4.78 is 0. The van der Waals surface area contributed by atoms with E-state index in [0.717, 1.165) is 56.4 Å². The number of aromatic nitrogens is 2. The van der Waals surface area contributed by atoms with Crippen LogP contribution in [0.15, 0.2) is 54.4 Å². The fourth-order valence-corrected chi connectivity index (χ4v) is 4.86. The molecule has 7 nitrogen and oxygen atoms in total. The van der Waals surface area contributed by atoms with E-state index in [4.69, 9.17) is 0 Å². The molecule has 1 amide bonds. The highest BCUT2D eigenvalue weighted by Gasteiger charge is 2.23. The normalized spacial score (nSPS) is 15.8. The van der Waals surface area contributed by atoms with Crippen LogP contribution in [0.4, 0.5) is 5.69 Å². The molecule has 0 saturated heterocycles. The number of nitrogens with zero attached hydrogens (tertiary/aromatic N) is 4. The van der Waals surface area contributed by atoms with E-state index in [1.807, 2.05) is 16.6 Å². The van der Waals surface area contributed by atoms with Crippen LogP contribution in [0.3, 0.4) is 0 Å². The van der Waals surface area contributed by atoms with Crippen molar-refractivity contribution < 1.29 is 14.7 Å². The Bertz CT molecular complexity index is 1070. The molecule has 2 aromatic heterocycles. The number of carboxylic acids is 1. The van der Waals surface area contributed by atoms with E-state index >= 15 is 0 Å². The van der Waals surface area contributed by atoms with Gasteiger partial charge >= 0.3 is 5.97 Å². The van der Waals surface area contributed by atoms with Gasteiger partial charge in [-0.15, -0.1) is 11.3 Å². The molecular weight excluding hydrogens is 436 g/mol. The van der Waals surface area contributed by atoms with E-state index in [-0.39, 0.29) is 11.5 Å². The molecule has 33 heavy (non-hydrogen) atoms. The highest BCUT2D eigenvalue weighted by atomic mass is 32.1. The molecule has 8 heteroatoms. The number of thiazole rings is 1. The van der Waals surface area contributed by atoms with Crippen molar-refractivity contribution >= 4 is 28.9 Å². The minimum atomic E-state index is -0.968. The zero-order chi connectivity index (χ0) is 23.0. The summed E-state index contributed by atoms with van der Waals surface area (Å²) in [6, 6.07) is 8.54. The molecule has 4 rings (SSSR count). The first-order valence-electron chi connectivity index (χ1n) is 11.3. The quantitative estimate of drug-likeness (QED) is 0.594. The van der Waals surface area contributed by atoms with E-state index in [2.05, 4.69) is 14.9 Å². The lowest BCUT2D eigenvalue weighted by Crippen LogP contribution is -2.34. The number of rotatable bonds is 4. The summed E-state index contributed by atoms with van der Waals surface area (Å²) in [5.74, 6) is -1.06. The standard InChI is InChI=1S/C25H28N4O3S/c30-24(19-8-10-26-11-9-19)29-13-5-3-1-2-4-12-28(17-22-15-27-18-33-22)16-21-14-20(25(31)32)6-7-23(21)29/h6-11,14-15,18H,1-5,12-13,16-17H2,(H,31,32). The molecule has 0 fully saturated rings. The van der Waals surface area contributed by atoms with Crippen LogP contribution in [0.1, 0.15) is 63.3 Å². The van der Waals surface area contributed by atoms with Gasteiger partial charge in [0, 0.05) is 54.4 Å². The van der Waals surface area contributed by atoms with Gasteiger partial charge in [-0.25, -0.2) is 4.79 Å². The maximum absolute atomic E-state index is 13.5. The molecule has 0 aliphatic carbocycles. The van der Waals surface area contributed by atoms with Gasteiger partial charge in [-0.3, -0.25) is 19.7 Å². The summed E-state index contributed by atoms with van der Waals surface area (Å²) >= 11 is 1.62. The fraction of sp³-hybridized carbons (Fsp3) is 0.360. The summed E-state index contributed by atoms with van der Waals surface area (Å²) in [5.41, 5.74) is 4.26. The van der Waals surface area contributed by atoms with Crippen molar-refractivity contribution in [2.45, 2.75) is 45.2 Å². The number of carbonyl (C=O) groups excluding carboxylic acids is 1. The summed E-state index contributed by atoms with van der Waals surface area (Å²) in [5, 5.41) is 9.61. The number of amides is 1. The number of pyridine rings is 1. The van der Waals surface area contributed by atoms with Gasteiger partial charge in [0.15, 0.2) is 0 Å². The molecule has 0 unspecified atom stereocenters. The predicted octanol–water partition coefficient (Wildman–Crippen LogP) is 4.85. The number of aromatic carboxylic acids is 1. The first kappa shape index (κ1) is 23.1. The molecule has 1 N–H and O–H groups in total. The third-order valence-electron chi connectivity index (χ3n) is 5.90. The van der Waals surface area contributed by atoms with Gasteiger partial charge in [-0.05, 0) is 55.3 Å². The zero-order valence-corrected chi connectivity index (χ0v) is 19.3. The third kappa shape index (κ3) is 6.03. The van der Waals surface area contributed by atoms with Gasteiger partial charge in [0.25, 0.3) is 5.91 Å². The molecule has 0 radical (unpaired) electrons. The summed E-state index contributed by atoms with van der Waals surface area (Å²) in [6.07, 6.45) is 10.4. The fourth-order valence-electron chi connectivity index (χ4n) is 4.22. The number of hydrogen-bond donors (Lipinski definition) is 1. The molecule has 172 valence electrons. The van der Waals surface area contributed by atoms with Crippen molar-refractivity contribution in [3.63, 3.8) is 0 Å². The van der Waals surface area contributed by atoms with Crippen LogP contribution in [0, 0.1) is 0 Å². The van der Waals surface area contributed by atoms with Crippen molar-refractivity contribution in [2.24, 2.45) is 0 Å². The molecule has 1 aliphatic heterocycles. The lowest BCUT2D eigenvalue weighted by atomic mass is 10.0. The number of anilines is 1. The van der Waals surface area contributed by atoms with Crippen LogP contribution < -0.4 is 4.90 Å². The Kier molecular flexibility index (Phi) is 7.80. The average molecular weight is 465 g/mol. The Morgan fingerprint density at radius 1 is 0.939 bits per heavy atom. The number of hydrogen-bond acceptors (Lipinski definition) is 6. The first-order valence-corrected chi connectivity index (χ1v) is 12.2. The Balaban J connectivity index is 1.73. The molecule has 1 aromatic carbocycles. The molecule has 3 aromatic rings. The Hall–Kier alpha value is -3.10. The maximum Gasteiger partial charge on any atom is 0.335 e. The Morgan fingerprint density at radius 3 is 2.42 bits per heavy atom. The summed E-state index contributed by atoms with van der Waals surface area (Å²) in [7, 11) is 0. The number of carboxylic acid groups (broad SMARTS) is 1. The SMILES string of the molecule is O=C(O)c1ccc2c(c1)CN(Cc1cncs1)CCCCCCCN2C(=O)c1ccncc1. The van der Waals surface area contributed by atoms with Crippen molar-refractivity contribution in [1.29, 1.82) is 0 Å². The summed E-state index contributed by atoms with van der Waals surface area (Å²) in [4.78, 5) is 38.8. The van der Waals surface area contributed by atoms with E-state index in [9.17, 15) is 14.7 Å². The van der Waals surface area contributed by atoms with Crippen LogP contribution in [0.2, 0.25) is 0 Å². The largest absolute Gasteiger partial charge is 0.478 e. The van der Waals surface area contributed by atoms with Crippen LogP contribution >= 0.6 is 11.3 Å². The smallest absolute Gasteiger partial charge is 0.335 e.